The maximum absolute atomic E-state index is 5.78. The molecule has 0 aliphatic carbocycles. The van der Waals surface area contributed by atoms with E-state index in [1.54, 1.807) is 12.4 Å². The maximum Gasteiger partial charge on any atom is 0.232 e. The van der Waals surface area contributed by atoms with E-state index in [-0.39, 0.29) is 6.10 Å². The van der Waals surface area contributed by atoms with Gasteiger partial charge in [0.2, 0.25) is 11.8 Å². The molecule has 140 valence electrons. The Bertz CT molecular complexity index is 856. The predicted molar refractivity (Wildman–Crippen MR) is 101 cm³/mol. The number of oxazole rings is 1. The molecule has 0 bridgehead atoms. The summed E-state index contributed by atoms with van der Waals surface area (Å²) in [6, 6.07) is 9.89. The van der Waals surface area contributed by atoms with Crippen LogP contribution in [0.3, 0.4) is 0 Å². The number of rotatable bonds is 7. The molecule has 1 unspecified atom stereocenters. The van der Waals surface area contributed by atoms with Gasteiger partial charge >= 0.3 is 0 Å². The van der Waals surface area contributed by atoms with Crippen LogP contribution in [0.5, 0.6) is 5.88 Å². The molecule has 6 nitrogen and oxygen atoms in total. The Balaban J connectivity index is 1.30. The lowest BCUT2D eigenvalue weighted by molar-refractivity contribution is 0.110. The molecule has 1 aromatic carbocycles. The molecular weight excluding hydrogens is 342 g/mol. The smallest absolute Gasteiger partial charge is 0.232 e. The summed E-state index contributed by atoms with van der Waals surface area (Å²) in [7, 11) is 0. The highest BCUT2D eigenvalue weighted by atomic mass is 16.5. The molecular formula is C21H23N3O3. The van der Waals surface area contributed by atoms with Crippen molar-refractivity contribution in [2.45, 2.75) is 38.7 Å². The van der Waals surface area contributed by atoms with Crippen LogP contribution >= 0.6 is 0 Å². The van der Waals surface area contributed by atoms with Crippen molar-refractivity contribution < 1.29 is 13.9 Å². The second-order valence-electron chi connectivity index (χ2n) is 6.67. The molecule has 1 atom stereocenters. The first-order chi connectivity index (χ1) is 13.3. The van der Waals surface area contributed by atoms with Crippen LogP contribution < -0.4 is 4.74 Å². The van der Waals surface area contributed by atoms with E-state index in [1.807, 2.05) is 37.3 Å². The van der Waals surface area contributed by atoms with Crippen molar-refractivity contribution in [2.24, 2.45) is 0 Å². The van der Waals surface area contributed by atoms with Crippen molar-refractivity contribution in [3.8, 4) is 17.3 Å². The third kappa shape index (κ3) is 4.52. The van der Waals surface area contributed by atoms with Crippen LogP contribution in [0.15, 0.2) is 47.1 Å². The molecule has 1 aliphatic rings. The largest absolute Gasteiger partial charge is 0.476 e. The lowest BCUT2D eigenvalue weighted by Gasteiger charge is -2.09. The molecule has 0 amide bonds. The minimum Gasteiger partial charge on any atom is -0.476 e. The summed E-state index contributed by atoms with van der Waals surface area (Å²) < 4.78 is 17.1. The molecule has 0 spiro atoms. The van der Waals surface area contributed by atoms with E-state index in [1.165, 1.54) is 0 Å². The minimum atomic E-state index is 0.278. The van der Waals surface area contributed by atoms with E-state index >= 15 is 0 Å². The highest BCUT2D eigenvalue weighted by molar-refractivity contribution is 5.53. The Labute approximate surface area is 158 Å². The van der Waals surface area contributed by atoms with Gasteiger partial charge in [0, 0.05) is 25.0 Å². The zero-order chi connectivity index (χ0) is 18.5. The number of aryl methyl sites for hydroxylation is 1. The summed E-state index contributed by atoms with van der Waals surface area (Å²) in [5.74, 6) is 1.98. The van der Waals surface area contributed by atoms with Gasteiger partial charge in [-0.25, -0.2) is 9.97 Å². The van der Waals surface area contributed by atoms with Crippen LogP contribution in [0, 0.1) is 6.92 Å². The fourth-order valence-electron chi connectivity index (χ4n) is 3.18. The molecule has 3 aromatic rings. The van der Waals surface area contributed by atoms with Gasteiger partial charge in [-0.2, -0.15) is 0 Å². The number of hydrogen-bond acceptors (Lipinski definition) is 6. The van der Waals surface area contributed by atoms with Crippen LogP contribution in [0.25, 0.3) is 11.5 Å². The highest BCUT2D eigenvalue weighted by Crippen LogP contribution is 2.22. The molecule has 1 saturated heterocycles. The third-order valence-corrected chi connectivity index (χ3v) is 4.64. The van der Waals surface area contributed by atoms with Gasteiger partial charge in [-0.3, -0.25) is 4.98 Å². The number of hydrogen-bond donors (Lipinski definition) is 0. The maximum atomic E-state index is 5.78. The Morgan fingerprint density at radius 1 is 1.15 bits per heavy atom. The van der Waals surface area contributed by atoms with E-state index in [9.17, 15) is 0 Å². The SMILES string of the molecule is Cc1oc(-c2ccccc2)nc1CCOc1cnc(CC2CCCO2)cn1. The van der Waals surface area contributed by atoms with Crippen molar-refractivity contribution in [1.29, 1.82) is 0 Å². The van der Waals surface area contributed by atoms with Crippen LogP contribution in [-0.2, 0) is 17.6 Å². The molecule has 1 aliphatic heterocycles. The molecule has 6 heteroatoms. The summed E-state index contributed by atoms with van der Waals surface area (Å²) in [5, 5.41) is 0. The third-order valence-electron chi connectivity index (χ3n) is 4.64. The zero-order valence-electron chi connectivity index (χ0n) is 15.4. The number of nitrogens with zero attached hydrogens (tertiary/aromatic N) is 3. The second-order valence-corrected chi connectivity index (χ2v) is 6.67. The predicted octanol–water partition coefficient (Wildman–Crippen LogP) is 3.78. The monoisotopic (exact) mass is 365 g/mol. The summed E-state index contributed by atoms with van der Waals surface area (Å²) >= 11 is 0. The fourth-order valence-corrected chi connectivity index (χ4v) is 3.18. The lowest BCUT2D eigenvalue weighted by atomic mass is 10.1. The number of benzene rings is 1. The van der Waals surface area contributed by atoms with Gasteiger partial charge in [0.15, 0.2) is 0 Å². The highest BCUT2D eigenvalue weighted by Gasteiger charge is 2.17. The van der Waals surface area contributed by atoms with Gasteiger partial charge in [0.1, 0.15) is 5.76 Å². The first-order valence-electron chi connectivity index (χ1n) is 9.35. The molecule has 0 radical (unpaired) electrons. The molecule has 0 saturated carbocycles. The molecule has 4 rings (SSSR count). The van der Waals surface area contributed by atoms with E-state index in [4.69, 9.17) is 13.9 Å². The summed E-state index contributed by atoms with van der Waals surface area (Å²) in [6.45, 7) is 3.25. The Morgan fingerprint density at radius 2 is 2.04 bits per heavy atom. The molecule has 27 heavy (non-hydrogen) atoms. The summed E-state index contributed by atoms with van der Waals surface area (Å²) in [4.78, 5) is 13.4. The van der Waals surface area contributed by atoms with Crippen LogP contribution in [0.4, 0.5) is 0 Å². The standard InChI is InChI=1S/C21H23N3O3/c1-15-19(24-21(27-15)16-6-3-2-4-7-16)9-11-26-20-14-22-17(13-23-20)12-18-8-5-10-25-18/h2-4,6-7,13-14,18H,5,8-12H2,1H3. The van der Waals surface area contributed by atoms with Gasteiger partial charge in [-0.15, -0.1) is 0 Å². The molecule has 1 fully saturated rings. The molecule has 2 aromatic heterocycles. The van der Waals surface area contributed by atoms with Crippen molar-refractivity contribution in [3.05, 3.63) is 59.9 Å². The van der Waals surface area contributed by atoms with E-state index in [2.05, 4.69) is 15.0 Å². The van der Waals surface area contributed by atoms with Crippen molar-refractivity contribution in [2.75, 3.05) is 13.2 Å². The average molecular weight is 365 g/mol. The number of aromatic nitrogens is 3. The van der Waals surface area contributed by atoms with Crippen LogP contribution in [-0.4, -0.2) is 34.3 Å². The first-order valence-corrected chi connectivity index (χ1v) is 9.35. The summed E-state index contributed by atoms with van der Waals surface area (Å²) in [5.41, 5.74) is 2.81. The van der Waals surface area contributed by atoms with Gasteiger partial charge in [-0.05, 0) is 31.9 Å². The Kier molecular flexibility index (Phi) is 5.44. The van der Waals surface area contributed by atoms with Crippen LogP contribution in [0.2, 0.25) is 0 Å². The van der Waals surface area contributed by atoms with E-state index in [0.29, 0.717) is 24.8 Å². The quantitative estimate of drug-likeness (QED) is 0.634. The lowest BCUT2D eigenvalue weighted by Crippen LogP contribution is -2.11. The number of ether oxygens (including phenoxy) is 2. The topological polar surface area (TPSA) is 70.3 Å². The van der Waals surface area contributed by atoms with Gasteiger partial charge < -0.3 is 13.9 Å². The van der Waals surface area contributed by atoms with Gasteiger partial charge in [0.05, 0.1) is 36.5 Å². The van der Waals surface area contributed by atoms with Gasteiger partial charge in [0.25, 0.3) is 0 Å². The van der Waals surface area contributed by atoms with Crippen molar-refractivity contribution in [1.82, 2.24) is 15.0 Å². The molecule has 0 N–H and O–H groups in total. The zero-order valence-corrected chi connectivity index (χ0v) is 15.4. The second kappa shape index (κ2) is 8.31. The molecule has 3 heterocycles. The van der Waals surface area contributed by atoms with Crippen molar-refractivity contribution in [3.63, 3.8) is 0 Å². The normalized spacial score (nSPS) is 16.6. The Hall–Kier alpha value is -2.73. The van der Waals surface area contributed by atoms with E-state index in [0.717, 1.165) is 48.6 Å². The average Bonchev–Trinajstić information content (AvgIpc) is 3.34. The first kappa shape index (κ1) is 17.7. The summed E-state index contributed by atoms with van der Waals surface area (Å²) in [6.07, 6.45) is 7.42. The van der Waals surface area contributed by atoms with E-state index < -0.39 is 0 Å². The minimum absolute atomic E-state index is 0.278. The Morgan fingerprint density at radius 3 is 2.78 bits per heavy atom. The van der Waals surface area contributed by atoms with Gasteiger partial charge in [-0.1, -0.05) is 18.2 Å². The fraction of sp³-hybridized carbons (Fsp3) is 0.381. The van der Waals surface area contributed by atoms with Crippen LogP contribution in [0.1, 0.15) is 30.0 Å². The van der Waals surface area contributed by atoms with Crippen molar-refractivity contribution >= 4 is 0 Å².